The summed E-state index contributed by atoms with van der Waals surface area (Å²) >= 11 is 0. The Morgan fingerprint density at radius 3 is 2.62 bits per heavy atom. The maximum absolute atomic E-state index is 4.60. The lowest BCUT2D eigenvalue weighted by Crippen LogP contribution is -2.28. The lowest BCUT2D eigenvalue weighted by atomic mass is 9.41. The van der Waals surface area contributed by atoms with Gasteiger partial charge in [0.2, 0.25) is 0 Å². The zero-order chi connectivity index (χ0) is 11.5. The van der Waals surface area contributed by atoms with Crippen LogP contribution in [-0.2, 0) is 0 Å². The van der Waals surface area contributed by atoms with Crippen molar-refractivity contribution in [1.82, 2.24) is 4.98 Å². The summed E-state index contributed by atoms with van der Waals surface area (Å²) in [5, 5.41) is 1.27. The molecule has 0 radical (unpaired) electrons. The van der Waals surface area contributed by atoms with E-state index >= 15 is 0 Å². The highest BCUT2D eigenvalue weighted by molar-refractivity contribution is 6.73. The second kappa shape index (κ2) is 4.69. The summed E-state index contributed by atoms with van der Waals surface area (Å²) in [6, 6.07) is 8.68. The molecule has 0 spiro atoms. The quantitative estimate of drug-likeness (QED) is 0.710. The van der Waals surface area contributed by atoms with E-state index in [9.17, 15) is 0 Å². The van der Waals surface area contributed by atoms with Gasteiger partial charge in [0.1, 0.15) is 0 Å². The Balaban J connectivity index is 2.52. The Kier molecular flexibility index (Phi) is 3.28. The van der Waals surface area contributed by atoms with E-state index in [0.717, 1.165) is 5.52 Å². The van der Waals surface area contributed by atoms with E-state index in [1.165, 1.54) is 29.1 Å². The largest absolute Gasteiger partial charge is 0.257 e. The molecule has 0 saturated carbocycles. The molecule has 2 aromatic rings. The molecule has 0 N–H and O–H groups in total. The van der Waals surface area contributed by atoms with Crippen LogP contribution in [0.1, 0.15) is 19.4 Å². The van der Waals surface area contributed by atoms with E-state index in [-0.39, 0.29) is 0 Å². The summed E-state index contributed by atoms with van der Waals surface area (Å²) in [4.78, 5) is 4.60. The Hall–Kier alpha value is -1.31. The van der Waals surface area contributed by atoms with E-state index < -0.39 is 0 Å². The van der Waals surface area contributed by atoms with E-state index in [4.69, 9.17) is 0 Å². The van der Waals surface area contributed by atoms with Crippen LogP contribution in [-0.4, -0.2) is 11.7 Å². The second-order valence-electron chi connectivity index (χ2n) is 4.43. The normalized spacial score (nSPS) is 10.7. The molecule has 1 heterocycles. The molecule has 0 aliphatic carbocycles. The minimum absolute atomic E-state index is 0.650. The molecule has 1 aromatic heterocycles. The molecule has 1 aromatic carbocycles. The molecule has 0 bridgehead atoms. The van der Waals surface area contributed by atoms with Gasteiger partial charge in [-0.25, -0.2) is 0 Å². The summed E-state index contributed by atoms with van der Waals surface area (Å²) in [6.45, 7) is 7.26. The molecule has 2 rings (SSSR count). The highest BCUT2D eigenvalue weighted by atomic mass is 14.7. The van der Waals surface area contributed by atoms with Crippen LogP contribution in [0.2, 0.25) is 12.6 Å². The number of pyridine rings is 1. The minimum atomic E-state index is 0.650. The molecule has 2 heteroatoms. The molecule has 0 atom stereocenters. The predicted molar refractivity (Wildman–Crippen MR) is 72.8 cm³/mol. The van der Waals surface area contributed by atoms with Crippen molar-refractivity contribution < 1.29 is 0 Å². The molecule has 82 valence electrons. The zero-order valence-corrected chi connectivity index (χ0v) is 10.3. The Morgan fingerprint density at radius 2 is 1.94 bits per heavy atom. The summed E-state index contributed by atoms with van der Waals surface area (Å²) in [5.41, 5.74) is 3.77. The van der Waals surface area contributed by atoms with Crippen LogP contribution < -0.4 is 5.46 Å². The van der Waals surface area contributed by atoms with Gasteiger partial charge in [0.05, 0.1) is 5.52 Å². The Morgan fingerprint density at radius 1 is 1.19 bits per heavy atom. The molecule has 0 saturated heterocycles. The summed E-state index contributed by atoms with van der Waals surface area (Å²) < 4.78 is 0. The van der Waals surface area contributed by atoms with E-state index in [1.807, 2.05) is 6.20 Å². The first-order valence-corrected chi connectivity index (χ1v) is 6.11. The number of hydrogen-bond acceptors (Lipinski definition) is 1. The number of fused-ring (bicyclic) bond motifs is 1. The molecule has 0 fully saturated rings. The van der Waals surface area contributed by atoms with Gasteiger partial charge in [0, 0.05) is 6.20 Å². The van der Waals surface area contributed by atoms with Gasteiger partial charge in [-0.2, -0.15) is 0 Å². The predicted octanol–water partition coefficient (Wildman–Crippen LogP) is 3.28. The van der Waals surface area contributed by atoms with Crippen LogP contribution in [0, 0.1) is 6.92 Å². The van der Waals surface area contributed by atoms with Gasteiger partial charge in [-0.3, -0.25) is 4.98 Å². The topological polar surface area (TPSA) is 12.9 Å². The second-order valence-corrected chi connectivity index (χ2v) is 4.43. The van der Waals surface area contributed by atoms with Crippen molar-refractivity contribution in [3.05, 3.63) is 36.0 Å². The maximum Gasteiger partial charge on any atom is 0.177 e. The molecule has 0 unspecified atom stereocenters. The number of para-hydroxylation sites is 1. The fourth-order valence-electron chi connectivity index (χ4n) is 2.31. The van der Waals surface area contributed by atoms with Gasteiger partial charge in [-0.15, -0.1) is 0 Å². The van der Waals surface area contributed by atoms with Crippen LogP contribution in [0.15, 0.2) is 30.5 Å². The minimum Gasteiger partial charge on any atom is -0.257 e. The van der Waals surface area contributed by atoms with Crippen LogP contribution in [0.5, 0.6) is 0 Å². The van der Waals surface area contributed by atoms with Gasteiger partial charge in [0.15, 0.2) is 6.71 Å². The fourth-order valence-corrected chi connectivity index (χ4v) is 2.31. The molecule has 0 amide bonds. The van der Waals surface area contributed by atoms with Gasteiger partial charge in [-0.05, 0) is 17.9 Å². The Bertz CT molecular complexity index is 489. The number of nitrogens with zero attached hydrogens (tertiary/aromatic N) is 1. The van der Waals surface area contributed by atoms with E-state index in [2.05, 4.69) is 50.0 Å². The van der Waals surface area contributed by atoms with Crippen LogP contribution >= 0.6 is 0 Å². The van der Waals surface area contributed by atoms with E-state index in [1.54, 1.807) is 0 Å². The average molecular weight is 211 g/mol. The highest BCUT2D eigenvalue weighted by Gasteiger charge is 2.12. The third kappa shape index (κ3) is 1.97. The van der Waals surface area contributed by atoms with Gasteiger partial charge in [-0.1, -0.05) is 56.2 Å². The van der Waals surface area contributed by atoms with Gasteiger partial charge < -0.3 is 0 Å². The van der Waals surface area contributed by atoms with Crippen molar-refractivity contribution in [2.45, 2.75) is 33.4 Å². The first kappa shape index (κ1) is 11.2. The lowest BCUT2D eigenvalue weighted by Gasteiger charge is -2.10. The summed E-state index contributed by atoms with van der Waals surface area (Å²) in [6.07, 6.45) is 4.43. The number of aromatic nitrogens is 1. The van der Waals surface area contributed by atoms with Crippen molar-refractivity contribution in [2.24, 2.45) is 0 Å². The van der Waals surface area contributed by atoms with Crippen LogP contribution in [0.25, 0.3) is 10.9 Å². The molecular weight excluding hydrogens is 193 g/mol. The van der Waals surface area contributed by atoms with Crippen LogP contribution in [0.3, 0.4) is 0 Å². The van der Waals surface area contributed by atoms with Crippen molar-refractivity contribution in [2.75, 3.05) is 0 Å². The standard InChI is InChI=1S/C14H18BN/c1-4-15(5-2)13-9-12-8-6-7-11(3)14(12)16-10-13/h6-10H,4-5H2,1-3H3. The fraction of sp³-hybridized carbons (Fsp3) is 0.357. The van der Waals surface area contributed by atoms with Crippen molar-refractivity contribution in [3.8, 4) is 0 Å². The van der Waals surface area contributed by atoms with Crippen molar-refractivity contribution >= 4 is 23.1 Å². The third-order valence-corrected chi connectivity index (χ3v) is 3.39. The zero-order valence-electron chi connectivity index (χ0n) is 10.3. The summed E-state index contributed by atoms with van der Waals surface area (Å²) in [5.74, 6) is 0. The number of hydrogen-bond donors (Lipinski definition) is 0. The first-order valence-electron chi connectivity index (χ1n) is 6.11. The third-order valence-electron chi connectivity index (χ3n) is 3.39. The first-order chi connectivity index (χ1) is 7.76. The lowest BCUT2D eigenvalue weighted by molar-refractivity contribution is 1.31. The SMILES string of the molecule is CCB(CC)c1cnc2c(C)cccc2c1. The van der Waals surface area contributed by atoms with Crippen LogP contribution in [0.4, 0.5) is 0 Å². The smallest absolute Gasteiger partial charge is 0.177 e. The monoisotopic (exact) mass is 211 g/mol. The Labute approximate surface area is 98.0 Å². The number of aryl methyl sites for hydroxylation is 1. The molecule has 0 aliphatic rings. The van der Waals surface area contributed by atoms with E-state index in [0.29, 0.717) is 6.71 Å². The molecule has 16 heavy (non-hydrogen) atoms. The maximum atomic E-state index is 4.60. The number of benzene rings is 1. The molecule has 1 nitrogen and oxygen atoms in total. The number of rotatable bonds is 3. The molecule has 0 aliphatic heterocycles. The van der Waals surface area contributed by atoms with Gasteiger partial charge >= 0.3 is 0 Å². The summed E-state index contributed by atoms with van der Waals surface area (Å²) in [7, 11) is 0. The van der Waals surface area contributed by atoms with Crippen molar-refractivity contribution in [3.63, 3.8) is 0 Å². The van der Waals surface area contributed by atoms with Crippen molar-refractivity contribution in [1.29, 1.82) is 0 Å². The molecular formula is C14H18BN. The average Bonchev–Trinajstić information content (AvgIpc) is 2.31. The van der Waals surface area contributed by atoms with Gasteiger partial charge in [0.25, 0.3) is 0 Å². The highest BCUT2D eigenvalue weighted by Crippen LogP contribution is 2.14.